The van der Waals surface area contributed by atoms with Gasteiger partial charge in [-0.2, -0.15) is 4.98 Å². The first-order chi connectivity index (χ1) is 11.1. The summed E-state index contributed by atoms with van der Waals surface area (Å²) in [6, 6.07) is 8.84. The lowest BCUT2D eigenvalue weighted by molar-refractivity contribution is 0.369. The van der Waals surface area contributed by atoms with Gasteiger partial charge < -0.3 is 13.8 Å². The predicted octanol–water partition coefficient (Wildman–Crippen LogP) is 3.26. The van der Waals surface area contributed by atoms with Crippen LogP contribution < -0.4 is 10.3 Å². The van der Waals surface area contributed by atoms with Gasteiger partial charge in [0.15, 0.2) is 0 Å². The van der Waals surface area contributed by atoms with Crippen molar-refractivity contribution >= 4 is 23.2 Å². The van der Waals surface area contributed by atoms with Gasteiger partial charge in [0.05, 0.1) is 17.7 Å². The molecule has 0 aliphatic carbocycles. The maximum absolute atomic E-state index is 12.0. The molecule has 0 aliphatic heterocycles. The summed E-state index contributed by atoms with van der Waals surface area (Å²) in [5.74, 6) is 1.28. The molecule has 0 bridgehead atoms. The number of methoxy groups -OCH3 is 1. The van der Waals surface area contributed by atoms with Gasteiger partial charge in [-0.15, -0.1) is 0 Å². The lowest BCUT2D eigenvalue weighted by atomic mass is 10.2. The highest BCUT2D eigenvalue weighted by Gasteiger charge is 2.14. The molecule has 0 spiro atoms. The van der Waals surface area contributed by atoms with Gasteiger partial charge in [0.25, 0.3) is 5.56 Å². The zero-order valence-electron chi connectivity index (χ0n) is 12.0. The van der Waals surface area contributed by atoms with Crippen LogP contribution in [0.5, 0.6) is 5.75 Å². The average molecular weight is 352 g/mol. The Balaban J connectivity index is 1.91. The van der Waals surface area contributed by atoms with Crippen molar-refractivity contribution in [2.45, 2.75) is 6.54 Å². The van der Waals surface area contributed by atoms with Crippen LogP contribution >= 0.6 is 23.2 Å². The molecule has 0 saturated heterocycles. The third kappa shape index (κ3) is 3.09. The lowest BCUT2D eigenvalue weighted by Gasteiger charge is -2.04. The van der Waals surface area contributed by atoms with Gasteiger partial charge in [0.2, 0.25) is 11.7 Å². The fourth-order valence-corrected chi connectivity index (χ4v) is 2.36. The van der Waals surface area contributed by atoms with Crippen molar-refractivity contribution in [3.05, 3.63) is 62.8 Å². The SMILES string of the molecule is COc1ccccc1-c1noc(Cn2ccc(Cl)c(Cl)c2=O)n1. The minimum Gasteiger partial charge on any atom is -0.496 e. The highest BCUT2D eigenvalue weighted by molar-refractivity contribution is 6.41. The van der Waals surface area contributed by atoms with Crippen LogP contribution in [0, 0.1) is 0 Å². The number of hydrogen-bond donors (Lipinski definition) is 0. The minimum absolute atomic E-state index is 0.0429. The van der Waals surface area contributed by atoms with Gasteiger partial charge in [-0.05, 0) is 18.2 Å². The highest BCUT2D eigenvalue weighted by Crippen LogP contribution is 2.27. The van der Waals surface area contributed by atoms with Crippen LogP contribution in [0.4, 0.5) is 0 Å². The first-order valence-corrected chi connectivity index (χ1v) is 7.36. The number of benzene rings is 1. The van der Waals surface area contributed by atoms with Crippen molar-refractivity contribution in [2.75, 3.05) is 7.11 Å². The highest BCUT2D eigenvalue weighted by atomic mass is 35.5. The molecule has 0 atom stereocenters. The van der Waals surface area contributed by atoms with Gasteiger partial charge in [-0.3, -0.25) is 4.79 Å². The van der Waals surface area contributed by atoms with Gasteiger partial charge in [-0.1, -0.05) is 40.5 Å². The number of rotatable bonds is 4. The minimum atomic E-state index is -0.420. The maximum atomic E-state index is 12.0. The zero-order chi connectivity index (χ0) is 16.4. The topological polar surface area (TPSA) is 70.2 Å². The number of pyridine rings is 1. The normalized spacial score (nSPS) is 10.7. The second-order valence-corrected chi connectivity index (χ2v) is 5.41. The Morgan fingerprint density at radius 2 is 2.04 bits per heavy atom. The Labute approximate surface area is 141 Å². The molecule has 6 nitrogen and oxygen atoms in total. The van der Waals surface area contributed by atoms with Crippen LogP contribution in [0.25, 0.3) is 11.4 Å². The lowest BCUT2D eigenvalue weighted by Crippen LogP contribution is -2.20. The summed E-state index contributed by atoms with van der Waals surface area (Å²) in [6.45, 7) is 0.0951. The van der Waals surface area contributed by atoms with Crippen molar-refractivity contribution in [3.63, 3.8) is 0 Å². The summed E-state index contributed by atoms with van der Waals surface area (Å²) in [4.78, 5) is 16.3. The number of ether oxygens (including phenoxy) is 1. The number of nitrogens with zero attached hydrogens (tertiary/aromatic N) is 3. The number of halogens is 2. The molecular formula is C15H11Cl2N3O3. The van der Waals surface area contributed by atoms with Gasteiger partial charge in [0.1, 0.15) is 17.3 Å². The van der Waals surface area contributed by atoms with Crippen molar-refractivity contribution in [1.29, 1.82) is 0 Å². The molecule has 1 aromatic carbocycles. The maximum Gasteiger partial charge on any atom is 0.271 e. The van der Waals surface area contributed by atoms with Crippen LogP contribution in [-0.4, -0.2) is 21.8 Å². The molecular weight excluding hydrogens is 341 g/mol. The van der Waals surface area contributed by atoms with Gasteiger partial charge >= 0.3 is 0 Å². The van der Waals surface area contributed by atoms with Crippen molar-refractivity contribution in [2.24, 2.45) is 0 Å². The summed E-state index contributed by atoms with van der Waals surface area (Å²) in [5, 5.41) is 4.08. The van der Waals surface area contributed by atoms with Crippen LogP contribution in [0.2, 0.25) is 10.0 Å². The van der Waals surface area contributed by atoms with Crippen LogP contribution in [0.1, 0.15) is 5.89 Å². The summed E-state index contributed by atoms with van der Waals surface area (Å²) in [6.07, 6.45) is 1.52. The average Bonchev–Trinajstić information content (AvgIpc) is 3.04. The van der Waals surface area contributed by atoms with Crippen LogP contribution in [0.15, 0.2) is 45.8 Å². The van der Waals surface area contributed by atoms with E-state index in [1.54, 1.807) is 13.2 Å². The molecule has 2 heterocycles. The summed E-state index contributed by atoms with van der Waals surface area (Å²) < 4.78 is 11.8. The third-order valence-electron chi connectivity index (χ3n) is 3.18. The predicted molar refractivity (Wildman–Crippen MR) is 86.1 cm³/mol. The second-order valence-electron chi connectivity index (χ2n) is 4.62. The van der Waals surface area contributed by atoms with Crippen molar-refractivity contribution in [1.82, 2.24) is 14.7 Å². The molecule has 0 radical (unpaired) electrons. The Kier molecular flexibility index (Phi) is 4.36. The summed E-state index contributed by atoms with van der Waals surface area (Å²) >= 11 is 11.6. The molecule has 0 unspecified atom stereocenters. The molecule has 118 valence electrons. The number of aromatic nitrogens is 3. The Hall–Kier alpha value is -2.31. The standard InChI is InChI=1S/C15H11Cl2N3O3/c1-22-11-5-3-2-4-9(11)14-18-12(23-19-14)8-20-7-6-10(16)13(17)15(20)21/h2-7H,8H2,1H3. The first kappa shape index (κ1) is 15.6. The largest absolute Gasteiger partial charge is 0.496 e. The molecule has 3 aromatic rings. The molecule has 23 heavy (non-hydrogen) atoms. The Bertz CT molecular complexity index is 905. The van der Waals surface area contributed by atoms with E-state index in [-0.39, 0.29) is 22.5 Å². The smallest absolute Gasteiger partial charge is 0.271 e. The third-order valence-corrected chi connectivity index (χ3v) is 3.96. The second kappa shape index (κ2) is 6.44. The Morgan fingerprint density at radius 1 is 1.26 bits per heavy atom. The van der Waals surface area contributed by atoms with E-state index in [1.165, 1.54) is 16.8 Å². The van der Waals surface area contributed by atoms with Crippen LogP contribution in [0.3, 0.4) is 0 Å². The molecule has 0 N–H and O–H groups in total. The Morgan fingerprint density at radius 3 is 2.83 bits per heavy atom. The fourth-order valence-electron chi connectivity index (χ4n) is 2.05. The monoisotopic (exact) mass is 351 g/mol. The molecule has 0 fully saturated rings. The zero-order valence-corrected chi connectivity index (χ0v) is 13.5. The molecule has 0 aliphatic rings. The number of para-hydroxylation sites is 1. The van der Waals surface area contributed by atoms with E-state index in [2.05, 4.69) is 10.1 Å². The first-order valence-electron chi connectivity index (χ1n) is 6.60. The van der Waals surface area contributed by atoms with E-state index in [0.717, 1.165) is 0 Å². The van der Waals surface area contributed by atoms with E-state index in [4.69, 9.17) is 32.5 Å². The fraction of sp³-hybridized carbons (Fsp3) is 0.133. The van der Waals surface area contributed by atoms with E-state index in [1.807, 2.05) is 18.2 Å². The van der Waals surface area contributed by atoms with Gasteiger partial charge in [-0.25, -0.2) is 0 Å². The molecule has 2 aromatic heterocycles. The van der Waals surface area contributed by atoms with E-state index < -0.39 is 5.56 Å². The molecule has 0 amide bonds. The molecule has 0 saturated carbocycles. The summed E-state index contributed by atoms with van der Waals surface area (Å²) in [5.41, 5.74) is 0.280. The quantitative estimate of drug-likeness (QED) is 0.721. The van der Waals surface area contributed by atoms with E-state index in [0.29, 0.717) is 17.1 Å². The van der Waals surface area contributed by atoms with E-state index in [9.17, 15) is 4.79 Å². The van der Waals surface area contributed by atoms with E-state index >= 15 is 0 Å². The molecule has 8 heteroatoms. The van der Waals surface area contributed by atoms with Crippen molar-refractivity contribution in [3.8, 4) is 17.1 Å². The molecule has 3 rings (SSSR count). The summed E-state index contributed by atoms with van der Waals surface area (Å²) in [7, 11) is 1.56. The number of hydrogen-bond acceptors (Lipinski definition) is 5. The van der Waals surface area contributed by atoms with Crippen LogP contribution in [-0.2, 0) is 6.54 Å². The van der Waals surface area contributed by atoms with Crippen molar-refractivity contribution < 1.29 is 9.26 Å². The van der Waals surface area contributed by atoms with Gasteiger partial charge in [0, 0.05) is 6.20 Å².